The van der Waals surface area contributed by atoms with Crippen molar-refractivity contribution in [1.82, 2.24) is 20.4 Å². The number of aryl methyl sites for hydroxylation is 1. The van der Waals surface area contributed by atoms with Crippen molar-refractivity contribution in [1.29, 1.82) is 0 Å². The second kappa shape index (κ2) is 11.2. The standard InChI is InChI=1S/C26H30N4O2S2/c1-5-31-15-7-14-30-18(3)22(23(27-26(30)33)19-10-12-21(34-4)13-11-19)25-28-24(29-32-25)20-9-6-8-17(2)16-20/h6,8-13,16,23H,5,7,14-15H2,1-4H3,(H,27,33). The largest absolute Gasteiger partial charge is 0.382 e. The Morgan fingerprint density at radius 3 is 2.68 bits per heavy atom. The van der Waals surface area contributed by atoms with Crippen molar-refractivity contribution in [2.75, 3.05) is 26.0 Å². The van der Waals surface area contributed by atoms with Crippen LogP contribution in [0.2, 0.25) is 0 Å². The minimum Gasteiger partial charge on any atom is -0.382 e. The summed E-state index contributed by atoms with van der Waals surface area (Å²) >= 11 is 7.49. The maximum Gasteiger partial charge on any atom is 0.258 e. The molecule has 8 heteroatoms. The first-order valence-corrected chi connectivity index (χ1v) is 13.1. The van der Waals surface area contributed by atoms with Crippen LogP contribution in [0.1, 0.15) is 43.3 Å². The number of benzene rings is 2. The summed E-state index contributed by atoms with van der Waals surface area (Å²) in [6, 6.07) is 16.4. The van der Waals surface area contributed by atoms with Crippen molar-refractivity contribution in [3.63, 3.8) is 0 Å². The van der Waals surface area contributed by atoms with Gasteiger partial charge in [0.1, 0.15) is 0 Å². The Labute approximate surface area is 210 Å². The summed E-state index contributed by atoms with van der Waals surface area (Å²) in [4.78, 5) is 8.11. The van der Waals surface area contributed by atoms with Crippen LogP contribution in [0.5, 0.6) is 0 Å². The third-order valence-corrected chi connectivity index (χ3v) is 6.93. The minimum atomic E-state index is -0.183. The number of hydrogen-bond acceptors (Lipinski definition) is 6. The first-order valence-electron chi connectivity index (χ1n) is 11.4. The third kappa shape index (κ3) is 5.35. The molecule has 0 spiro atoms. The zero-order valence-electron chi connectivity index (χ0n) is 20.0. The molecule has 6 nitrogen and oxygen atoms in total. The van der Waals surface area contributed by atoms with Crippen LogP contribution in [0.25, 0.3) is 17.0 Å². The zero-order chi connectivity index (χ0) is 24.1. The number of thioether (sulfide) groups is 1. The Balaban J connectivity index is 1.73. The van der Waals surface area contributed by atoms with E-state index >= 15 is 0 Å². The van der Waals surface area contributed by atoms with E-state index in [0.717, 1.165) is 40.9 Å². The van der Waals surface area contributed by atoms with E-state index in [2.05, 4.69) is 71.9 Å². The van der Waals surface area contributed by atoms with Crippen LogP contribution in [0.3, 0.4) is 0 Å². The molecule has 34 heavy (non-hydrogen) atoms. The van der Waals surface area contributed by atoms with E-state index in [1.54, 1.807) is 11.8 Å². The van der Waals surface area contributed by atoms with E-state index < -0.39 is 0 Å². The van der Waals surface area contributed by atoms with E-state index in [1.807, 2.05) is 19.1 Å². The van der Waals surface area contributed by atoms with E-state index in [-0.39, 0.29) is 6.04 Å². The fourth-order valence-corrected chi connectivity index (χ4v) is 4.83. The Kier molecular flexibility index (Phi) is 8.03. The number of allylic oxidation sites excluding steroid dienone is 1. The molecular formula is C26H30N4O2S2. The second-order valence-electron chi connectivity index (χ2n) is 8.15. The lowest BCUT2D eigenvalue weighted by molar-refractivity contribution is 0.141. The minimum absolute atomic E-state index is 0.183. The van der Waals surface area contributed by atoms with Crippen molar-refractivity contribution in [2.45, 2.75) is 38.1 Å². The van der Waals surface area contributed by atoms with Crippen LogP contribution < -0.4 is 5.32 Å². The molecule has 1 atom stereocenters. The second-order valence-corrected chi connectivity index (χ2v) is 9.42. The monoisotopic (exact) mass is 494 g/mol. The van der Waals surface area contributed by atoms with Gasteiger partial charge in [-0.3, -0.25) is 0 Å². The Hall–Kier alpha value is -2.68. The summed E-state index contributed by atoms with van der Waals surface area (Å²) < 4.78 is 11.4. The molecule has 0 amide bonds. The lowest BCUT2D eigenvalue weighted by Gasteiger charge is -2.37. The van der Waals surface area contributed by atoms with Crippen molar-refractivity contribution in [2.24, 2.45) is 0 Å². The number of nitrogens with zero attached hydrogens (tertiary/aromatic N) is 3. The van der Waals surface area contributed by atoms with Crippen LogP contribution in [-0.4, -0.2) is 46.2 Å². The summed E-state index contributed by atoms with van der Waals surface area (Å²) in [6.07, 6.45) is 2.94. The molecule has 0 radical (unpaired) electrons. The molecule has 0 bridgehead atoms. The average Bonchev–Trinajstić information content (AvgIpc) is 3.33. The Morgan fingerprint density at radius 1 is 1.18 bits per heavy atom. The molecule has 0 saturated heterocycles. The van der Waals surface area contributed by atoms with Gasteiger partial charge in [0.05, 0.1) is 11.6 Å². The van der Waals surface area contributed by atoms with E-state index in [9.17, 15) is 0 Å². The summed E-state index contributed by atoms with van der Waals surface area (Å²) in [5.74, 6) is 1.07. The van der Waals surface area contributed by atoms with Crippen molar-refractivity contribution < 1.29 is 9.26 Å². The predicted molar refractivity (Wildman–Crippen MR) is 142 cm³/mol. The zero-order valence-corrected chi connectivity index (χ0v) is 21.6. The molecule has 1 N–H and O–H groups in total. The highest BCUT2D eigenvalue weighted by Gasteiger charge is 2.33. The molecule has 3 aromatic rings. The first kappa shape index (κ1) is 24.4. The lowest BCUT2D eigenvalue weighted by atomic mass is 9.95. The van der Waals surface area contributed by atoms with Gasteiger partial charge in [0, 0.05) is 35.9 Å². The van der Waals surface area contributed by atoms with Crippen LogP contribution in [0, 0.1) is 6.92 Å². The van der Waals surface area contributed by atoms with Crippen LogP contribution in [0.15, 0.2) is 63.6 Å². The van der Waals surface area contributed by atoms with E-state index in [0.29, 0.717) is 30.0 Å². The fourth-order valence-electron chi connectivity index (χ4n) is 4.08. The fraction of sp³-hybridized carbons (Fsp3) is 0.346. The van der Waals surface area contributed by atoms with Gasteiger partial charge in [0.25, 0.3) is 5.89 Å². The van der Waals surface area contributed by atoms with Gasteiger partial charge < -0.3 is 19.5 Å². The molecule has 1 aliphatic heterocycles. The SMILES string of the molecule is CCOCCCN1C(=S)NC(c2ccc(SC)cc2)C(c2nc(-c3cccc(C)c3)no2)=C1C. The van der Waals surface area contributed by atoms with Gasteiger partial charge in [-0.1, -0.05) is 41.1 Å². The lowest BCUT2D eigenvalue weighted by Crippen LogP contribution is -2.46. The highest BCUT2D eigenvalue weighted by atomic mass is 32.2. The van der Waals surface area contributed by atoms with E-state index in [4.69, 9.17) is 26.5 Å². The topological polar surface area (TPSA) is 63.4 Å². The quantitative estimate of drug-likeness (QED) is 0.226. The summed E-state index contributed by atoms with van der Waals surface area (Å²) in [5, 5.41) is 8.51. The summed E-state index contributed by atoms with van der Waals surface area (Å²) in [5.41, 5.74) is 5.13. The first-order chi connectivity index (χ1) is 16.5. The molecule has 1 unspecified atom stereocenters. The van der Waals surface area contributed by atoms with Gasteiger partial charge in [0.15, 0.2) is 5.11 Å². The highest BCUT2D eigenvalue weighted by molar-refractivity contribution is 7.98. The number of thiocarbonyl (C=S) groups is 1. The Morgan fingerprint density at radius 2 is 1.97 bits per heavy atom. The van der Waals surface area contributed by atoms with Crippen molar-refractivity contribution in [3.8, 4) is 11.4 Å². The molecule has 4 rings (SSSR count). The third-order valence-electron chi connectivity index (χ3n) is 5.85. The van der Waals surface area contributed by atoms with Crippen LogP contribution in [0.4, 0.5) is 0 Å². The number of nitrogens with one attached hydrogen (secondary N) is 1. The maximum absolute atomic E-state index is 5.83. The van der Waals surface area contributed by atoms with Gasteiger partial charge in [-0.25, -0.2) is 0 Å². The summed E-state index contributed by atoms with van der Waals surface area (Å²) in [6.45, 7) is 8.28. The molecule has 2 aromatic carbocycles. The maximum atomic E-state index is 5.83. The molecule has 0 saturated carbocycles. The van der Waals surface area contributed by atoms with Crippen LogP contribution >= 0.6 is 24.0 Å². The van der Waals surface area contributed by atoms with Gasteiger partial charge in [0.2, 0.25) is 5.82 Å². The van der Waals surface area contributed by atoms with Gasteiger partial charge in [-0.05, 0) is 69.4 Å². The number of rotatable bonds is 9. The van der Waals surface area contributed by atoms with Gasteiger partial charge in [-0.2, -0.15) is 4.98 Å². The van der Waals surface area contributed by atoms with E-state index in [1.165, 1.54) is 4.90 Å². The normalized spacial score (nSPS) is 16.2. The van der Waals surface area contributed by atoms with Crippen molar-refractivity contribution >= 4 is 34.7 Å². The molecule has 0 aliphatic carbocycles. The van der Waals surface area contributed by atoms with Gasteiger partial charge >= 0.3 is 0 Å². The molecular weight excluding hydrogens is 464 g/mol. The van der Waals surface area contributed by atoms with Crippen LogP contribution in [-0.2, 0) is 4.74 Å². The molecule has 1 aromatic heterocycles. The molecule has 1 aliphatic rings. The highest BCUT2D eigenvalue weighted by Crippen LogP contribution is 2.38. The number of hydrogen-bond donors (Lipinski definition) is 1. The summed E-state index contributed by atoms with van der Waals surface area (Å²) in [7, 11) is 0. The smallest absolute Gasteiger partial charge is 0.258 e. The molecule has 2 heterocycles. The number of aromatic nitrogens is 2. The molecule has 178 valence electrons. The average molecular weight is 495 g/mol. The van der Waals surface area contributed by atoms with Gasteiger partial charge in [-0.15, -0.1) is 11.8 Å². The van der Waals surface area contributed by atoms with Crippen molar-refractivity contribution in [3.05, 3.63) is 71.2 Å². The Bertz CT molecular complexity index is 1170. The molecule has 0 fully saturated rings. The number of ether oxygens (including phenoxy) is 1. The predicted octanol–water partition coefficient (Wildman–Crippen LogP) is 5.86.